The number of benzene rings is 2. The van der Waals surface area contributed by atoms with Gasteiger partial charge in [0.15, 0.2) is 5.13 Å². The van der Waals surface area contributed by atoms with Gasteiger partial charge in [0, 0.05) is 17.6 Å². The zero-order valence-corrected chi connectivity index (χ0v) is 21.0. The highest BCUT2D eigenvalue weighted by molar-refractivity contribution is 7.13. The van der Waals surface area contributed by atoms with Crippen LogP contribution in [0.15, 0.2) is 60.0 Å². The number of aliphatic hydroxyl groups excluding tert-OH is 1. The lowest BCUT2D eigenvalue weighted by molar-refractivity contribution is -0.115. The molecule has 0 bridgehead atoms. The molecule has 35 heavy (non-hydrogen) atoms. The molecule has 1 heterocycles. The monoisotopic (exact) mass is 496 g/mol. The number of carbonyl (C=O) groups is 2. The molecule has 3 rings (SSSR count). The Morgan fingerprint density at radius 2 is 1.83 bits per heavy atom. The Balaban J connectivity index is 1.59. The van der Waals surface area contributed by atoms with Crippen molar-refractivity contribution in [2.24, 2.45) is 0 Å². The highest BCUT2D eigenvalue weighted by Gasteiger charge is 2.24. The fraction of sp³-hybridized carbons (Fsp3) is 0.346. The highest BCUT2D eigenvalue weighted by Crippen LogP contribution is 2.18. The second-order valence-electron chi connectivity index (χ2n) is 9.20. The Labute approximate surface area is 209 Å². The van der Waals surface area contributed by atoms with Crippen molar-refractivity contribution < 1.29 is 19.4 Å². The van der Waals surface area contributed by atoms with Crippen LogP contribution in [0.25, 0.3) is 0 Å². The van der Waals surface area contributed by atoms with Gasteiger partial charge in [-0.15, -0.1) is 11.3 Å². The third-order valence-corrected chi connectivity index (χ3v) is 5.77. The van der Waals surface area contributed by atoms with Crippen molar-refractivity contribution in [3.8, 4) is 0 Å². The van der Waals surface area contributed by atoms with Gasteiger partial charge in [0.2, 0.25) is 5.91 Å². The molecule has 3 aromatic rings. The molecular formula is C26H32N4O4S. The van der Waals surface area contributed by atoms with Gasteiger partial charge < -0.3 is 25.8 Å². The quantitative estimate of drug-likeness (QED) is 0.404. The predicted octanol–water partition coefficient (Wildman–Crippen LogP) is 4.42. The van der Waals surface area contributed by atoms with Crippen molar-refractivity contribution in [2.45, 2.75) is 45.3 Å². The maximum atomic E-state index is 12.8. The summed E-state index contributed by atoms with van der Waals surface area (Å²) in [6, 6.07) is 16.7. The Bertz CT molecular complexity index is 1110. The molecule has 0 aliphatic carbocycles. The number of nitrogen functional groups attached to an aromatic ring is 1. The van der Waals surface area contributed by atoms with E-state index < -0.39 is 17.8 Å². The molecule has 0 radical (unpaired) electrons. The van der Waals surface area contributed by atoms with Gasteiger partial charge in [0.1, 0.15) is 5.60 Å². The molecule has 8 nitrogen and oxygen atoms in total. The number of aromatic nitrogens is 1. The number of aliphatic hydroxyl groups is 1. The SMILES string of the molecule is CC(C)(C)OC(=O)N(CCc1ccc(NC(=O)Cc2csc(N)n2)cc1)C[C@@H](O)c1ccccc1. The van der Waals surface area contributed by atoms with Gasteiger partial charge in [0.25, 0.3) is 0 Å². The Hall–Kier alpha value is -3.43. The summed E-state index contributed by atoms with van der Waals surface area (Å²) >= 11 is 1.30. The normalized spacial score (nSPS) is 12.1. The largest absolute Gasteiger partial charge is 0.444 e. The second-order valence-corrected chi connectivity index (χ2v) is 10.1. The van der Waals surface area contributed by atoms with Crippen LogP contribution in [0.5, 0.6) is 0 Å². The molecule has 0 unspecified atom stereocenters. The van der Waals surface area contributed by atoms with Crippen LogP contribution in [0.2, 0.25) is 0 Å². The summed E-state index contributed by atoms with van der Waals surface area (Å²) in [5.41, 5.74) is 8.00. The van der Waals surface area contributed by atoms with Gasteiger partial charge in [0.05, 0.1) is 24.8 Å². The molecule has 0 saturated heterocycles. The lowest BCUT2D eigenvalue weighted by Gasteiger charge is -2.29. The molecule has 0 fully saturated rings. The third kappa shape index (κ3) is 8.70. The van der Waals surface area contributed by atoms with E-state index in [2.05, 4.69) is 10.3 Å². The van der Waals surface area contributed by atoms with Gasteiger partial charge in [-0.1, -0.05) is 42.5 Å². The first-order valence-corrected chi connectivity index (χ1v) is 12.3. The van der Waals surface area contributed by atoms with Gasteiger partial charge in [-0.2, -0.15) is 0 Å². The standard InChI is InChI=1S/C26H32N4O4S/c1-26(2,3)34-25(33)30(16-22(31)19-7-5-4-6-8-19)14-13-18-9-11-20(12-10-18)28-23(32)15-21-17-35-24(27)29-21/h4-12,17,22,31H,13-16H2,1-3H3,(H2,27,29)(H,28,32)/t22-/m1/s1. The zero-order valence-electron chi connectivity index (χ0n) is 20.2. The molecule has 2 aromatic carbocycles. The summed E-state index contributed by atoms with van der Waals surface area (Å²) < 4.78 is 5.55. The minimum atomic E-state index is -0.825. The van der Waals surface area contributed by atoms with Crippen molar-refractivity contribution in [3.05, 3.63) is 76.8 Å². The summed E-state index contributed by atoms with van der Waals surface area (Å²) in [6.45, 7) is 5.93. The van der Waals surface area contributed by atoms with E-state index in [9.17, 15) is 14.7 Å². The zero-order chi connectivity index (χ0) is 25.4. The van der Waals surface area contributed by atoms with Crippen molar-refractivity contribution in [1.29, 1.82) is 0 Å². The van der Waals surface area contributed by atoms with Crippen LogP contribution in [0.4, 0.5) is 15.6 Å². The first-order chi connectivity index (χ1) is 16.6. The van der Waals surface area contributed by atoms with Crippen molar-refractivity contribution in [2.75, 3.05) is 24.1 Å². The lowest BCUT2D eigenvalue weighted by atomic mass is 10.1. The molecule has 0 aliphatic rings. The third-order valence-electron chi connectivity index (χ3n) is 5.05. The average Bonchev–Trinajstić information content (AvgIpc) is 3.21. The molecule has 0 saturated carbocycles. The average molecular weight is 497 g/mol. The van der Waals surface area contributed by atoms with Crippen LogP contribution >= 0.6 is 11.3 Å². The fourth-order valence-electron chi connectivity index (χ4n) is 3.37. The number of hydrogen-bond acceptors (Lipinski definition) is 7. The van der Waals surface area contributed by atoms with Crippen molar-refractivity contribution in [3.63, 3.8) is 0 Å². The van der Waals surface area contributed by atoms with Crippen molar-refractivity contribution in [1.82, 2.24) is 9.88 Å². The minimum Gasteiger partial charge on any atom is -0.444 e. The number of thiazole rings is 1. The smallest absolute Gasteiger partial charge is 0.410 e. The Morgan fingerprint density at radius 3 is 2.43 bits per heavy atom. The van der Waals surface area contributed by atoms with Crippen LogP contribution in [0, 0.1) is 0 Å². The molecule has 2 amide bonds. The summed E-state index contributed by atoms with van der Waals surface area (Å²) in [6.07, 6.45) is -0.578. The first kappa shape index (κ1) is 26.2. The number of amides is 2. The van der Waals surface area contributed by atoms with Gasteiger partial charge >= 0.3 is 6.09 Å². The number of ether oxygens (including phenoxy) is 1. The number of anilines is 2. The van der Waals surface area contributed by atoms with E-state index in [4.69, 9.17) is 10.5 Å². The molecule has 0 spiro atoms. The van der Waals surface area contributed by atoms with Crippen LogP contribution in [-0.4, -0.2) is 45.7 Å². The summed E-state index contributed by atoms with van der Waals surface area (Å²) in [5.74, 6) is -0.172. The van der Waals surface area contributed by atoms with Crippen LogP contribution in [0.1, 0.15) is 43.7 Å². The van der Waals surface area contributed by atoms with E-state index >= 15 is 0 Å². The van der Waals surface area contributed by atoms with Crippen LogP contribution in [-0.2, 0) is 22.4 Å². The van der Waals surface area contributed by atoms with Crippen LogP contribution in [0.3, 0.4) is 0 Å². The van der Waals surface area contributed by atoms with Crippen LogP contribution < -0.4 is 11.1 Å². The Morgan fingerprint density at radius 1 is 1.14 bits per heavy atom. The van der Waals surface area contributed by atoms with E-state index in [0.717, 1.165) is 11.1 Å². The molecule has 4 N–H and O–H groups in total. The predicted molar refractivity (Wildman–Crippen MR) is 138 cm³/mol. The number of rotatable bonds is 9. The highest BCUT2D eigenvalue weighted by atomic mass is 32.1. The summed E-state index contributed by atoms with van der Waals surface area (Å²) in [4.78, 5) is 30.7. The summed E-state index contributed by atoms with van der Waals surface area (Å²) in [5, 5.41) is 15.7. The lowest BCUT2D eigenvalue weighted by Crippen LogP contribution is -2.40. The van der Waals surface area contributed by atoms with E-state index in [1.54, 1.807) is 5.38 Å². The number of nitrogens with one attached hydrogen (secondary N) is 1. The first-order valence-electron chi connectivity index (χ1n) is 11.4. The van der Waals surface area contributed by atoms with Gasteiger partial charge in [-0.25, -0.2) is 9.78 Å². The molecular weight excluding hydrogens is 464 g/mol. The molecule has 0 aliphatic heterocycles. The summed E-state index contributed by atoms with van der Waals surface area (Å²) in [7, 11) is 0. The topological polar surface area (TPSA) is 118 Å². The number of nitrogens with zero attached hydrogens (tertiary/aromatic N) is 2. The van der Waals surface area contributed by atoms with E-state index in [-0.39, 0.29) is 18.9 Å². The van der Waals surface area contributed by atoms with E-state index in [1.165, 1.54) is 16.2 Å². The second kappa shape index (κ2) is 11.8. The maximum Gasteiger partial charge on any atom is 0.410 e. The molecule has 186 valence electrons. The van der Waals surface area contributed by atoms with Crippen molar-refractivity contribution >= 4 is 34.2 Å². The maximum absolute atomic E-state index is 12.8. The van der Waals surface area contributed by atoms with Gasteiger partial charge in [-0.05, 0) is 50.5 Å². The number of hydrogen-bond donors (Lipinski definition) is 3. The number of nitrogens with two attached hydrogens (primary N) is 1. The van der Waals surface area contributed by atoms with E-state index in [0.29, 0.717) is 29.5 Å². The molecule has 9 heteroatoms. The molecule has 1 aromatic heterocycles. The fourth-order valence-corrected chi connectivity index (χ4v) is 3.93. The van der Waals surface area contributed by atoms with Gasteiger partial charge in [-0.3, -0.25) is 4.79 Å². The minimum absolute atomic E-state index is 0.119. The Kier molecular flexibility index (Phi) is 8.84. The van der Waals surface area contributed by atoms with E-state index in [1.807, 2.05) is 75.4 Å². The number of carbonyl (C=O) groups excluding carboxylic acids is 2. The molecule has 1 atom stereocenters.